The summed E-state index contributed by atoms with van der Waals surface area (Å²) in [6, 6.07) is 14.1. The average Bonchev–Trinajstić information content (AvgIpc) is 2.76. The Labute approximate surface area is 178 Å². The Hall–Kier alpha value is -2.41. The highest BCUT2D eigenvalue weighted by Gasteiger charge is 2.22. The predicted octanol–water partition coefficient (Wildman–Crippen LogP) is 4.37. The van der Waals surface area contributed by atoms with E-state index in [2.05, 4.69) is 9.88 Å². The second-order valence-corrected chi connectivity index (χ2v) is 7.62. The van der Waals surface area contributed by atoms with Crippen LogP contribution in [0, 0.1) is 5.82 Å². The summed E-state index contributed by atoms with van der Waals surface area (Å²) in [5.74, 6) is 0.409. The molecule has 4 rings (SSSR count). The molecule has 0 amide bonds. The van der Waals surface area contributed by atoms with Crippen molar-refractivity contribution >= 4 is 34.8 Å². The molecule has 2 aromatic carbocycles. The van der Waals surface area contributed by atoms with Crippen LogP contribution in [-0.2, 0) is 6.54 Å². The van der Waals surface area contributed by atoms with E-state index in [4.69, 9.17) is 33.9 Å². The minimum absolute atomic E-state index is 0.204. The van der Waals surface area contributed by atoms with Crippen molar-refractivity contribution in [2.45, 2.75) is 6.54 Å². The van der Waals surface area contributed by atoms with Crippen LogP contribution < -0.4 is 15.5 Å². The van der Waals surface area contributed by atoms with Crippen molar-refractivity contribution in [2.24, 2.45) is 5.73 Å². The molecule has 2 heterocycles. The topological polar surface area (TPSA) is 58.3 Å². The van der Waals surface area contributed by atoms with Crippen LogP contribution in [0.4, 0.5) is 16.0 Å². The van der Waals surface area contributed by atoms with E-state index in [0.717, 1.165) is 17.0 Å². The first-order valence-electron chi connectivity index (χ1n) is 9.33. The van der Waals surface area contributed by atoms with Crippen LogP contribution in [0.15, 0.2) is 48.5 Å². The maximum atomic E-state index is 14.1. The van der Waals surface area contributed by atoms with Gasteiger partial charge in [-0.2, -0.15) is 0 Å². The normalized spacial score (nSPS) is 14.3. The molecule has 5 nitrogen and oxygen atoms in total. The van der Waals surface area contributed by atoms with E-state index in [1.807, 2.05) is 23.1 Å². The number of rotatable bonds is 4. The van der Waals surface area contributed by atoms with Gasteiger partial charge < -0.3 is 15.5 Å². The van der Waals surface area contributed by atoms with Crippen molar-refractivity contribution in [1.82, 2.24) is 9.97 Å². The molecule has 0 radical (unpaired) electrons. The summed E-state index contributed by atoms with van der Waals surface area (Å²) in [6.45, 7) is 3.03. The van der Waals surface area contributed by atoms with Crippen LogP contribution in [0.5, 0.6) is 0 Å². The number of nitrogens with two attached hydrogens (primary N) is 1. The van der Waals surface area contributed by atoms with Gasteiger partial charge in [0, 0.05) is 38.3 Å². The number of para-hydroxylation sites is 1. The summed E-state index contributed by atoms with van der Waals surface area (Å²) >= 11 is 12.2. The van der Waals surface area contributed by atoms with Crippen molar-refractivity contribution in [3.05, 3.63) is 70.1 Å². The third-order valence-corrected chi connectivity index (χ3v) is 5.69. The molecule has 0 unspecified atom stereocenters. The molecule has 0 spiro atoms. The third-order valence-electron chi connectivity index (χ3n) is 4.95. The summed E-state index contributed by atoms with van der Waals surface area (Å²) in [5, 5.41) is 0.963. The molecule has 1 fully saturated rings. The fourth-order valence-electron chi connectivity index (χ4n) is 3.39. The highest BCUT2D eigenvalue weighted by molar-refractivity contribution is 6.42. The standard InChI is InChI=1S/C21H20Cl2FN5/c22-16-6-5-14(11-17(16)23)19-12-15(13-25)26-21(27-19)29-9-7-28(8-10-29)20-4-2-1-3-18(20)24/h1-6,11-12H,7-10,13,25H2. The minimum Gasteiger partial charge on any atom is -0.366 e. The molecule has 0 saturated carbocycles. The molecule has 1 aliphatic heterocycles. The molecule has 1 aromatic heterocycles. The number of aromatic nitrogens is 2. The summed E-state index contributed by atoms with van der Waals surface area (Å²) in [5.41, 5.74) is 8.82. The highest BCUT2D eigenvalue weighted by Crippen LogP contribution is 2.29. The van der Waals surface area contributed by atoms with Crippen molar-refractivity contribution in [3.8, 4) is 11.3 Å². The van der Waals surface area contributed by atoms with Gasteiger partial charge in [-0.05, 0) is 30.3 Å². The molecular weight excluding hydrogens is 412 g/mol. The number of hydrogen-bond donors (Lipinski definition) is 1. The van der Waals surface area contributed by atoms with E-state index >= 15 is 0 Å². The number of anilines is 2. The number of hydrogen-bond acceptors (Lipinski definition) is 5. The van der Waals surface area contributed by atoms with E-state index in [-0.39, 0.29) is 5.82 Å². The molecule has 1 saturated heterocycles. The molecule has 0 bridgehead atoms. The molecule has 8 heteroatoms. The molecule has 0 atom stereocenters. The lowest BCUT2D eigenvalue weighted by Gasteiger charge is -2.36. The zero-order chi connectivity index (χ0) is 20.4. The van der Waals surface area contributed by atoms with Crippen LogP contribution in [-0.4, -0.2) is 36.1 Å². The van der Waals surface area contributed by atoms with Crippen LogP contribution >= 0.6 is 23.2 Å². The zero-order valence-electron chi connectivity index (χ0n) is 15.7. The Kier molecular flexibility index (Phi) is 5.85. The lowest BCUT2D eigenvalue weighted by molar-refractivity contribution is 0.593. The first-order valence-corrected chi connectivity index (χ1v) is 10.1. The largest absolute Gasteiger partial charge is 0.366 e. The minimum atomic E-state index is -0.204. The summed E-state index contributed by atoms with van der Waals surface area (Å²) in [7, 11) is 0. The van der Waals surface area contributed by atoms with Gasteiger partial charge in [-0.25, -0.2) is 14.4 Å². The van der Waals surface area contributed by atoms with E-state index in [0.29, 0.717) is 54.4 Å². The van der Waals surface area contributed by atoms with Crippen LogP contribution in [0.25, 0.3) is 11.3 Å². The van der Waals surface area contributed by atoms with E-state index in [9.17, 15) is 4.39 Å². The summed E-state index contributed by atoms with van der Waals surface area (Å²) in [4.78, 5) is 13.5. The Morgan fingerprint density at radius 3 is 2.31 bits per heavy atom. The quantitative estimate of drug-likeness (QED) is 0.664. The van der Waals surface area contributed by atoms with Gasteiger partial charge in [0.2, 0.25) is 5.95 Å². The number of nitrogens with zero attached hydrogens (tertiary/aromatic N) is 4. The Balaban J connectivity index is 1.57. The molecule has 150 valence electrons. The fourth-order valence-corrected chi connectivity index (χ4v) is 3.69. The smallest absolute Gasteiger partial charge is 0.226 e. The van der Waals surface area contributed by atoms with Gasteiger partial charge in [-0.1, -0.05) is 41.4 Å². The molecule has 3 aromatic rings. The molecule has 1 aliphatic rings. The van der Waals surface area contributed by atoms with Gasteiger partial charge in [-0.3, -0.25) is 0 Å². The highest BCUT2D eigenvalue weighted by atomic mass is 35.5. The van der Waals surface area contributed by atoms with Crippen LogP contribution in [0.3, 0.4) is 0 Å². The fraction of sp³-hybridized carbons (Fsp3) is 0.238. The van der Waals surface area contributed by atoms with Gasteiger partial charge in [-0.15, -0.1) is 0 Å². The lowest BCUT2D eigenvalue weighted by Crippen LogP contribution is -2.47. The molecule has 0 aliphatic carbocycles. The average molecular weight is 432 g/mol. The summed E-state index contributed by atoms with van der Waals surface area (Å²) < 4.78 is 14.1. The van der Waals surface area contributed by atoms with Gasteiger partial charge >= 0.3 is 0 Å². The summed E-state index contributed by atoms with van der Waals surface area (Å²) in [6.07, 6.45) is 0. The van der Waals surface area contributed by atoms with Crippen LogP contribution in [0.1, 0.15) is 5.69 Å². The molecular formula is C21H20Cl2FN5. The second-order valence-electron chi connectivity index (χ2n) is 6.80. The number of benzene rings is 2. The first kappa shape index (κ1) is 19.9. The Morgan fingerprint density at radius 2 is 1.62 bits per heavy atom. The Morgan fingerprint density at radius 1 is 0.897 bits per heavy atom. The maximum Gasteiger partial charge on any atom is 0.226 e. The van der Waals surface area contributed by atoms with Gasteiger partial charge in [0.25, 0.3) is 0 Å². The van der Waals surface area contributed by atoms with Crippen LogP contribution in [0.2, 0.25) is 10.0 Å². The lowest BCUT2D eigenvalue weighted by atomic mass is 10.1. The molecule has 29 heavy (non-hydrogen) atoms. The van der Waals surface area contributed by atoms with Gasteiger partial charge in [0.1, 0.15) is 5.82 Å². The van der Waals surface area contributed by atoms with Crippen molar-refractivity contribution in [3.63, 3.8) is 0 Å². The van der Waals surface area contributed by atoms with Crippen molar-refractivity contribution in [1.29, 1.82) is 0 Å². The Bertz CT molecular complexity index is 1020. The van der Waals surface area contributed by atoms with E-state index in [1.54, 1.807) is 24.3 Å². The van der Waals surface area contributed by atoms with Crippen molar-refractivity contribution in [2.75, 3.05) is 36.0 Å². The number of halogens is 3. The molecule has 2 N–H and O–H groups in total. The monoisotopic (exact) mass is 431 g/mol. The number of piperazine rings is 1. The third kappa shape index (κ3) is 4.29. The SMILES string of the molecule is NCc1cc(-c2ccc(Cl)c(Cl)c2)nc(N2CCN(c3ccccc3F)CC2)n1. The predicted molar refractivity (Wildman–Crippen MR) is 116 cm³/mol. The van der Waals surface area contributed by atoms with E-state index in [1.165, 1.54) is 6.07 Å². The second kappa shape index (κ2) is 8.53. The zero-order valence-corrected chi connectivity index (χ0v) is 17.2. The maximum absolute atomic E-state index is 14.1. The van der Waals surface area contributed by atoms with Gasteiger partial charge in [0.05, 0.1) is 27.1 Å². The van der Waals surface area contributed by atoms with Gasteiger partial charge in [0.15, 0.2) is 0 Å². The first-order chi connectivity index (χ1) is 14.0. The van der Waals surface area contributed by atoms with E-state index < -0.39 is 0 Å². The van der Waals surface area contributed by atoms with Crippen molar-refractivity contribution < 1.29 is 4.39 Å².